The van der Waals surface area contributed by atoms with E-state index >= 15 is 0 Å². The number of rotatable bonds is 7. The molecule has 3 rings (SSSR count). The molecule has 0 saturated carbocycles. The molecular formula is C20H25IN6. The summed E-state index contributed by atoms with van der Waals surface area (Å²) in [5.41, 5.74) is 3.20. The van der Waals surface area contributed by atoms with E-state index in [-0.39, 0.29) is 24.0 Å². The summed E-state index contributed by atoms with van der Waals surface area (Å²) in [6, 6.07) is 16.0. The second-order valence-corrected chi connectivity index (χ2v) is 5.82. The number of aromatic nitrogens is 3. The SMILES string of the molecule is CCNC(=NCc1ccccn1)NCCc1cnn(-c2ccccc2)c1.I. The fraction of sp³-hybridized carbons (Fsp3) is 0.250. The van der Waals surface area contributed by atoms with Crippen molar-refractivity contribution in [3.05, 3.63) is 78.4 Å². The topological polar surface area (TPSA) is 67.1 Å². The van der Waals surface area contributed by atoms with Gasteiger partial charge in [0.1, 0.15) is 0 Å². The lowest BCUT2D eigenvalue weighted by Gasteiger charge is -2.10. The average molecular weight is 476 g/mol. The highest BCUT2D eigenvalue weighted by atomic mass is 127. The normalized spacial score (nSPS) is 10.9. The number of para-hydroxylation sites is 1. The summed E-state index contributed by atoms with van der Waals surface area (Å²) < 4.78 is 1.90. The predicted octanol–water partition coefficient (Wildman–Crippen LogP) is 3.18. The summed E-state index contributed by atoms with van der Waals surface area (Å²) in [6.07, 6.45) is 6.64. The smallest absolute Gasteiger partial charge is 0.191 e. The Kier molecular flexibility index (Phi) is 8.76. The molecule has 7 heteroatoms. The molecule has 0 spiro atoms. The van der Waals surface area contributed by atoms with Crippen LogP contribution in [0.15, 0.2) is 72.1 Å². The predicted molar refractivity (Wildman–Crippen MR) is 120 cm³/mol. The molecule has 0 aliphatic rings. The molecule has 0 bridgehead atoms. The fourth-order valence-electron chi connectivity index (χ4n) is 2.53. The average Bonchev–Trinajstić information content (AvgIpc) is 3.16. The minimum Gasteiger partial charge on any atom is -0.357 e. The van der Waals surface area contributed by atoms with Crippen molar-refractivity contribution in [2.75, 3.05) is 13.1 Å². The molecular weight excluding hydrogens is 451 g/mol. The number of halogens is 1. The van der Waals surface area contributed by atoms with Crippen LogP contribution in [-0.2, 0) is 13.0 Å². The van der Waals surface area contributed by atoms with Crippen molar-refractivity contribution in [1.29, 1.82) is 0 Å². The van der Waals surface area contributed by atoms with E-state index in [0.717, 1.165) is 36.9 Å². The lowest BCUT2D eigenvalue weighted by Crippen LogP contribution is -2.38. The maximum absolute atomic E-state index is 4.58. The van der Waals surface area contributed by atoms with Crippen LogP contribution >= 0.6 is 24.0 Å². The molecule has 142 valence electrons. The van der Waals surface area contributed by atoms with Crippen molar-refractivity contribution < 1.29 is 0 Å². The quantitative estimate of drug-likeness (QED) is 0.312. The van der Waals surface area contributed by atoms with Crippen LogP contribution in [0.5, 0.6) is 0 Å². The van der Waals surface area contributed by atoms with Crippen LogP contribution in [0, 0.1) is 0 Å². The molecule has 1 aromatic carbocycles. The first-order valence-corrected chi connectivity index (χ1v) is 8.86. The van der Waals surface area contributed by atoms with Gasteiger partial charge in [-0.05, 0) is 43.2 Å². The second kappa shape index (κ2) is 11.3. The van der Waals surface area contributed by atoms with Gasteiger partial charge in [0.2, 0.25) is 0 Å². The Morgan fingerprint density at radius 2 is 1.89 bits per heavy atom. The van der Waals surface area contributed by atoms with Crippen LogP contribution in [0.4, 0.5) is 0 Å². The number of nitrogens with one attached hydrogen (secondary N) is 2. The number of aliphatic imine (C=N–C) groups is 1. The molecule has 2 aromatic heterocycles. The van der Waals surface area contributed by atoms with E-state index in [0.29, 0.717) is 6.54 Å². The van der Waals surface area contributed by atoms with Crippen molar-refractivity contribution >= 4 is 29.9 Å². The third-order valence-corrected chi connectivity index (χ3v) is 3.83. The summed E-state index contributed by atoms with van der Waals surface area (Å²) in [5, 5.41) is 11.1. The van der Waals surface area contributed by atoms with E-state index < -0.39 is 0 Å². The second-order valence-electron chi connectivity index (χ2n) is 5.82. The summed E-state index contributed by atoms with van der Waals surface area (Å²) in [6.45, 7) is 4.22. The maximum atomic E-state index is 4.58. The number of hydrogen-bond donors (Lipinski definition) is 2. The first-order chi connectivity index (χ1) is 12.8. The van der Waals surface area contributed by atoms with Crippen molar-refractivity contribution in [3.8, 4) is 5.69 Å². The third kappa shape index (κ3) is 6.67. The molecule has 2 N–H and O–H groups in total. The van der Waals surface area contributed by atoms with Gasteiger partial charge in [-0.3, -0.25) is 4.98 Å². The minimum absolute atomic E-state index is 0. The molecule has 0 radical (unpaired) electrons. The van der Waals surface area contributed by atoms with Gasteiger partial charge < -0.3 is 10.6 Å². The molecule has 3 aromatic rings. The Labute approximate surface area is 177 Å². The van der Waals surface area contributed by atoms with Gasteiger partial charge in [-0.15, -0.1) is 24.0 Å². The summed E-state index contributed by atoms with van der Waals surface area (Å²) >= 11 is 0. The summed E-state index contributed by atoms with van der Waals surface area (Å²) in [4.78, 5) is 8.88. The first kappa shape index (κ1) is 20.9. The lowest BCUT2D eigenvalue weighted by atomic mass is 10.2. The highest BCUT2D eigenvalue weighted by Gasteiger charge is 2.02. The highest BCUT2D eigenvalue weighted by Crippen LogP contribution is 2.07. The van der Waals surface area contributed by atoms with Crippen molar-refractivity contribution in [1.82, 2.24) is 25.4 Å². The molecule has 0 saturated heterocycles. The standard InChI is InChI=1S/C20H24N6.HI/c1-2-21-20(24-15-18-8-6-7-12-22-18)23-13-11-17-14-25-26(16-17)19-9-4-3-5-10-19;/h3-10,12,14,16H,2,11,13,15H2,1H3,(H2,21,23,24);1H. The van der Waals surface area contributed by atoms with Crippen molar-refractivity contribution in [2.24, 2.45) is 4.99 Å². The van der Waals surface area contributed by atoms with Crippen LogP contribution in [-0.4, -0.2) is 33.8 Å². The molecule has 27 heavy (non-hydrogen) atoms. The van der Waals surface area contributed by atoms with E-state index in [2.05, 4.69) is 38.8 Å². The monoisotopic (exact) mass is 476 g/mol. The zero-order valence-electron chi connectivity index (χ0n) is 15.4. The van der Waals surface area contributed by atoms with Crippen LogP contribution in [0.3, 0.4) is 0 Å². The number of pyridine rings is 1. The third-order valence-electron chi connectivity index (χ3n) is 3.83. The van der Waals surface area contributed by atoms with Gasteiger partial charge in [0.05, 0.1) is 24.1 Å². The largest absolute Gasteiger partial charge is 0.357 e. The molecule has 0 aliphatic heterocycles. The molecule has 0 amide bonds. The summed E-state index contributed by atoms with van der Waals surface area (Å²) in [7, 11) is 0. The molecule has 6 nitrogen and oxygen atoms in total. The highest BCUT2D eigenvalue weighted by molar-refractivity contribution is 14.0. The van der Waals surface area contributed by atoms with Gasteiger partial charge in [-0.2, -0.15) is 5.10 Å². The molecule has 0 aliphatic carbocycles. The Morgan fingerprint density at radius 1 is 1.07 bits per heavy atom. The zero-order valence-corrected chi connectivity index (χ0v) is 17.7. The zero-order chi connectivity index (χ0) is 18.0. The minimum atomic E-state index is 0. The van der Waals surface area contributed by atoms with E-state index in [9.17, 15) is 0 Å². The van der Waals surface area contributed by atoms with Gasteiger partial charge in [0, 0.05) is 25.5 Å². The van der Waals surface area contributed by atoms with E-state index in [1.54, 1.807) is 6.20 Å². The van der Waals surface area contributed by atoms with Crippen LogP contribution in [0.1, 0.15) is 18.2 Å². The van der Waals surface area contributed by atoms with Gasteiger partial charge >= 0.3 is 0 Å². The van der Waals surface area contributed by atoms with Crippen LogP contribution in [0.25, 0.3) is 5.69 Å². The summed E-state index contributed by atoms with van der Waals surface area (Å²) in [5.74, 6) is 0.800. The molecule has 2 heterocycles. The van der Waals surface area contributed by atoms with Crippen LogP contribution in [0.2, 0.25) is 0 Å². The Hall–Kier alpha value is -2.42. The van der Waals surface area contributed by atoms with Gasteiger partial charge in [0.15, 0.2) is 5.96 Å². The number of hydrogen-bond acceptors (Lipinski definition) is 3. The number of nitrogens with zero attached hydrogens (tertiary/aromatic N) is 4. The Morgan fingerprint density at radius 3 is 2.63 bits per heavy atom. The molecule has 0 unspecified atom stereocenters. The number of guanidine groups is 1. The van der Waals surface area contributed by atoms with E-state index in [1.165, 1.54) is 5.56 Å². The van der Waals surface area contributed by atoms with Gasteiger partial charge in [0.25, 0.3) is 0 Å². The van der Waals surface area contributed by atoms with Crippen molar-refractivity contribution in [2.45, 2.75) is 19.9 Å². The number of benzene rings is 1. The molecule has 0 atom stereocenters. The van der Waals surface area contributed by atoms with Crippen LogP contribution < -0.4 is 10.6 Å². The maximum Gasteiger partial charge on any atom is 0.191 e. The Balaban J connectivity index is 0.00000261. The van der Waals surface area contributed by atoms with E-state index in [1.807, 2.05) is 59.4 Å². The van der Waals surface area contributed by atoms with Crippen molar-refractivity contribution in [3.63, 3.8) is 0 Å². The van der Waals surface area contributed by atoms with Gasteiger partial charge in [-0.25, -0.2) is 9.67 Å². The Bertz CT molecular complexity index is 817. The van der Waals surface area contributed by atoms with E-state index in [4.69, 9.17) is 0 Å². The lowest BCUT2D eigenvalue weighted by molar-refractivity contribution is 0.796. The van der Waals surface area contributed by atoms with Gasteiger partial charge in [-0.1, -0.05) is 24.3 Å². The first-order valence-electron chi connectivity index (χ1n) is 8.86. The fourth-order valence-corrected chi connectivity index (χ4v) is 2.53. The molecule has 0 fully saturated rings.